The summed E-state index contributed by atoms with van der Waals surface area (Å²) >= 11 is 0. The van der Waals surface area contributed by atoms with Crippen LogP contribution in [0.5, 0.6) is 5.75 Å². The fourth-order valence-corrected chi connectivity index (χ4v) is 0.797. The molecule has 1 aromatic carbocycles. The van der Waals surface area contributed by atoms with E-state index >= 15 is 0 Å². The minimum absolute atomic E-state index is 0.540. The van der Waals surface area contributed by atoms with Gasteiger partial charge in [-0.15, -0.1) is 0 Å². The van der Waals surface area contributed by atoms with E-state index in [1.165, 1.54) is 0 Å². The van der Waals surface area contributed by atoms with Gasteiger partial charge in [-0.2, -0.15) is 0 Å². The molecule has 0 aliphatic heterocycles. The van der Waals surface area contributed by atoms with Gasteiger partial charge in [0.2, 0.25) is 0 Å². The van der Waals surface area contributed by atoms with Gasteiger partial charge in [-0.25, -0.2) is 8.78 Å². The van der Waals surface area contributed by atoms with Crippen molar-refractivity contribution >= 4 is 5.84 Å². The van der Waals surface area contributed by atoms with Crippen molar-refractivity contribution in [2.75, 3.05) is 0 Å². The minimum Gasteiger partial charge on any atom is -0.507 e. The summed E-state index contributed by atoms with van der Waals surface area (Å²) < 4.78 is 25.2. The van der Waals surface area contributed by atoms with E-state index in [4.69, 9.17) is 16.2 Å². The number of nitrogens with two attached hydrogens (primary N) is 1. The van der Waals surface area contributed by atoms with Crippen LogP contribution in [0.3, 0.4) is 0 Å². The van der Waals surface area contributed by atoms with Crippen molar-refractivity contribution in [3.05, 3.63) is 29.3 Å². The van der Waals surface area contributed by atoms with Crippen LogP contribution in [0.25, 0.3) is 0 Å². The third-order valence-electron chi connectivity index (χ3n) is 1.34. The van der Waals surface area contributed by atoms with Crippen LogP contribution in [0.4, 0.5) is 8.78 Å². The highest BCUT2D eigenvalue weighted by atomic mass is 19.2. The fourth-order valence-electron chi connectivity index (χ4n) is 0.797. The number of nitrogens with one attached hydrogen (secondary N) is 1. The van der Waals surface area contributed by atoms with E-state index in [9.17, 15) is 8.78 Å². The number of hydrogen-bond donors (Lipinski definition) is 3. The molecule has 0 heterocycles. The maximum absolute atomic E-state index is 12.8. The third-order valence-corrected chi connectivity index (χ3v) is 1.34. The van der Waals surface area contributed by atoms with Crippen LogP contribution in [0, 0.1) is 17.0 Å². The molecule has 4 N–H and O–H groups in total. The normalized spacial score (nSPS) is 9.83. The molecule has 0 unspecified atom stereocenters. The Morgan fingerprint density at radius 3 is 2.42 bits per heavy atom. The summed E-state index contributed by atoms with van der Waals surface area (Å²) in [5, 5.41) is 15.8. The zero-order chi connectivity index (χ0) is 9.30. The van der Waals surface area contributed by atoms with Crippen molar-refractivity contribution in [1.29, 1.82) is 5.41 Å². The summed E-state index contributed by atoms with van der Waals surface area (Å²) in [4.78, 5) is 0. The largest absolute Gasteiger partial charge is 0.507 e. The second kappa shape index (κ2) is 2.77. The van der Waals surface area contributed by atoms with Crippen LogP contribution in [0.15, 0.2) is 12.1 Å². The standard InChI is InChI=1S/C7H6F2N2O/c8-3-1-2-4(12)5(6(3)9)7(10)11/h1-2,12H,(H3,10,11). The van der Waals surface area contributed by atoms with Gasteiger partial charge in [0.15, 0.2) is 11.6 Å². The number of phenolic OH excluding ortho intramolecular Hbond substituents is 1. The lowest BCUT2D eigenvalue weighted by Gasteiger charge is -2.03. The topological polar surface area (TPSA) is 70.1 Å². The Morgan fingerprint density at radius 1 is 1.42 bits per heavy atom. The molecule has 0 aromatic heterocycles. The first-order valence-electron chi connectivity index (χ1n) is 3.05. The molecule has 0 fully saturated rings. The van der Waals surface area contributed by atoms with Crippen molar-refractivity contribution in [2.24, 2.45) is 5.73 Å². The number of hydrogen-bond acceptors (Lipinski definition) is 2. The zero-order valence-corrected chi connectivity index (χ0v) is 5.94. The highest BCUT2D eigenvalue weighted by Crippen LogP contribution is 2.21. The quantitative estimate of drug-likeness (QED) is 0.436. The molecule has 0 saturated heterocycles. The van der Waals surface area contributed by atoms with Crippen LogP contribution in [-0.2, 0) is 0 Å². The molecule has 0 atom stereocenters. The predicted octanol–water partition coefficient (Wildman–Crippen LogP) is 0.954. The second-order valence-corrected chi connectivity index (χ2v) is 2.17. The molecule has 0 aliphatic carbocycles. The molecule has 1 rings (SSSR count). The van der Waals surface area contributed by atoms with Crippen LogP contribution >= 0.6 is 0 Å². The van der Waals surface area contributed by atoms with E-state index in [0.29, 0.717) is 0 Å². The summed E-state index contributed by atoms with van der Waals surface area (Å²) in [6.45, 7) is 0. The van der Waals surface area contributed by atoms with E-state index in [0.717, 1.165) is 12.1 Å². The SMILES string of the molecule is N=C(N)c1c(O)ccc(F)c1F. The summed E-state index contributed by atoms with van der Waals surface area (Å²) in [5.74, 6) is -3.69. The van der Waals surface area contributed by atoms with Gasteiger partial charge in [-0.3, -0.25) is 5.41 Å². The lowest BCUT2D eigenvalue weighted by molar-refractivity contribution is 0.452. The van der Waals surface area contributed by atoms with Crippen molar-refractivity contribution in [1.82, 2.24) is 0 Å². The molecule has 0 saturated carbocycles. The highest BCUT2D eigenvalue weighted by molar-refractivity contribution is 5.97. The number of nitrogen functional groups attached to an aromatic ring is 1. The number of benzene rings is 1. The van der Waals surface area contributed by atoms with Crippen molar-refractivity contribution in [2.45, 2.75) is 0 Å². The molecule has 12 heavy (non-hydrogen) atoms. The zero-order valence-electron chi connectivity index (χ0n) is 5.94. The van der Waals surface area contributed by atoms with Gasteiger partial charge < -0.3 is 10.8 Å². The average molecular weight is 172 g/mol. The number of aromatic hydroxyl groups is 1. The van der Waals surface area contributed by atoms with Crippen LogP contribution in [0.2, 0.25) is 0 Å². The summed E-state index contributed by atoms with van der Waals surface area (Å²) in [6.07, 6.45) is 0. The molecule has 64 valence electrons. The Balaban J connectivity index is 3.43. The maximum Gasteiger partial charge on any atom is 0.173 e. The van der Waals surface area contributed by atoms with Gasteiger partial charge in [0.25, 0.3) is 0 Å². The average Bonchev–Trinajstić information content (AvgIpc) is 1.97. The Morgan fingerprint density at radius 2 is 2.00 bits per heavy atom. The van der Waals surface area contributed by atoms with Gasteiger partial charge in [0.05, 0.1) is 5.56 Å². The Kier molecular flexibility index (Phi) is 1.95. The lowest BCUT2D eigenvalue weighted by atomic mass is 10.1. The van der Waals surface area contributed by atoms with Crippen molar-refractivity contribution < 1.29 is 13.9 Å². The highest BCUT2D eigenvalue weighted by Gasteiger charge is 2.14. The summed E-state index contributed by atoms with van der Waals surface area (Å²) in [6, 6.07) is 1.70. The number of rotatable bonds is 1. The minimum atomic E-state index is -1.30. The van der Waals surface area contributed by atoms with Gasteiger partial charge >= 0.3 is 0 Å². The van der Waals surface area contributed by atoms with Crippen LogP contribution in [-0.4, -0.2) is 10.9 Å². The molecular formula is C7H6F2N2O. The van der Waals surface area contributed by atoms with Gasteiger partial charge in [-0.1, -0.05) is 0 Å². The smallest absolute Gasteiger partial charge is 0.173 e. The molecule has 3 nitrogen and oxygen atoms in total. The lowest BCUT2D eigenvalue weighted by Crippen LogP contribution is -2.14. The van der Waals surface area contributed by atoms with E-state index in [1.807, 2.05) is 0 Å². The second-order valence-electron chi connectivity index (χ2n) is 2.17. The molecule has 5 heteroatoms. The number of amidine groups is 1. The summed E-state index contributed by atoms with van der Waals surface area (Å²) in [5.41, 5.74) is 4.30. The molecule has 0 spiro atoms. The first kappa shape index (κ1) is 8.45. The maximum atomic E-state index is 12.8. The molecule has 0 bridgehead atoms. The molecule has 0 amide bonds. The molecular weight excluding hydrogens is 166 g/mol. The van der Waals surface area contributed by atoms with E-state index in [1.54, 1.807) is 0 Å². The monoisotopic (exact) mass is 172 g/mol. The van der Waals surface area contributed by atoms with E-state index in [-0.39, 0.29) is 0 Å². The van der Waals surface area contributed by atoms with Crippen molar-refractivity contribution in [3.8, 4) is 5.75 Å². The van der Waals surface area contributed by atoms with Crippen LogP contribution in [0.1, 0.15) is 5.56 Å². The van der Waals surface area contributed by atoms with E-state index < -0.39 is 28.8 Å². The van der Waals surface area contributed by atoms with E-state index in [2.05, 4.69) is 0 Å². The Labute approximate surface area is 66.9 Å². The fraction of sp³-hybridized carbons (Fsp3) is 0. The first-order valence-corrected chi connectivity index (χ1v) is 3.05. The van der Waals surface area contributed by atoms with Gasteiger partial charge in [0, 0.05) is 0 Å². The predicted molar refractivity (Wildman–Crippen MR) is 39.0 cm³/mol. The Hall–Kier alpha value is -1.65. The third kappa shape index (κ3) is 1.20. The molecule has 0 aliphatic rings. The number of halogens is 2. The first-order chi connectivity index (χ1) is 5.54. The molecule has 0 radical (unpaired) electrons. The summed E-state index contributed by atoms with van der Waals surface area (Å²) in [7, 11) is 0. The molecule has 1 aromatic rings. The Bertz CT molecular complexity index is 338. The number of phenols is 1. The van der Waals surface area contributed by atoms with Crippen molar-refractivity contribution in [3.63, 3.8) is 0 Å². The van der Waals surface area contributed by atoms with Gasteiger partial charge in [-0.05, 0) is 12.1 Å². The van der Waals surface area contributed by atoms with Gasteiger partial charge in [0.1, 0.15) is 11.6 Å². The van der Waals surface area contributed by atoms with Crippen LogP contribution < -0.4 is 5.73 Å².